The average molecular weight is 289 g/mol. The van der Waals surface area contributed by atoms with Crippen LogP contribution in [0.2, 0.25) is 0 Å². The van der Waals surface area contributed by atoms with E-state index in [4.69, 9.17) is 10.5 Å². The summed E-state index contributed by atoms with van der Waals surface area (Å²) < 4.78 is 5.19. The molecule has 0 radical (unpaired) electrons. The predicted octanol–water partition coefficient (Wildman–Crippen LogP) is 3.68. The minimum absolute atomic E-state index is 0.506. The molecule has 1 heterocycles. The summed E-state index contributed by atoms with van der Waals surface area (Å²) in [6.07, 6.45) is 3.23. The second-order valence-electron chi connectivity index (χ2n) is 5.08. The van der Waals surface area contributed by atoms with E-state index in [0.717, 1.165) is 31.6 Å². The molecule has 2 aromatic rings. The highest BCUT2D eigenvalue weighted by Crippen LogP contribution is 2.22. The number of benzene rings is 1. The van der Waals surface area contributed by atoms with Crippen LogP contribution in [0, 0.1) is 5.92 Å². The van der Waals surface area contributed by atoms with Gasteiger partial charge in [-0.2, -0.15) is 0 Å². The molecule has 0 aliphatic rings. The molecular weight excluding hydrogens is 266 g/mol. The molecule has 108 valence electrons. The van der Waals surface area contributed by atoms with Crippen molar-refractivity contribution in [2.24, 2.45) is 11.7 Å². The summed E-state index contributed by atoms with van der Waals surface area (Å²) in [5.41, 5.74) is 7.27. The van der Waals surface area contributed by atoms with Gasteiger partial charge >= 0.3 is 0 Å². The first-order valence-electron chi connectivity index (χ1n) is 7.15. The minimum atomic E-state index is 0.506. The fourth-order valence-corrected chi connectivity index (χ4v) is 3.41. The molecule has 1 unspecified atom stereocenters. The summed E-state index contributed by atoms with van der Waals surface area (Å²) in [5.74, 6) is 1.41. The SMILES string of the molecule is CCc1ccc(CC(CN)Cc2ccc(OC)cc2)s1. The molecule has 2 rings (SSSR count). The minimum Gasteiger partial charge on any atom is -0.497 e. The Labute approximate surface area is 125 Å². The maximum Gasteiger partial charge on any atom is 0.118 e. The second-order valence-corrected chi connectivity index (χ2v) is 6.33. The molecule has 0 fully saturated rings. The topological polar surface area (TPSA) is 35.2 Å². The van der Waals surface area contributed by atoms with Crippen LogP contribution in [0.3, 0.4) is 0 Å². The fraction of sp³-hybridized carbons (Fsp3) is 0.412. The third kappa shape index (κ3) is 4.09. The van der Waals surface area contributed by atoms with Crippen LogP contribution in [0.25, 0.3) is 0 Å². The van der Waals surface area contributed by atoms with Crippen molar-refractivity contribution in [3.63, 3.8) is 0 Å². The highest BCUT2D eigenvalue weighted by Gasteiger charge is 2.11. The molecule has 3 heteroatoms. The van der Waals surface area contributed by atoms with Gasteiger partial charge in [-0.25, -0.2) is 0 Å². The smallest absolute Gasteiger partial charge is 0.118 e. The van der Waals surface area contributed by atoms with E-state index in [1.54, 1.807) is 7.11 Å². The molecule has 20 heavy (non-hydrogen) atoms. The van der Waals surface area contributed by atoms with Crippen LogP contribution in [-0.4, -0.2) is 13.7 Å². The van der Waals surface area contributed by atoms with E-state index in [1.165, 1.54) is 15.3 Å². The van der Waals surface area contributed by atoms with Gasteiger partial charge in [0, 0.05) is 9.75 Å². The van der Waals surface area contributed by atoms with E-state index in [-0.39, 0.29) is 0 Å². The molecule has 0 bridgehead atoms. The van der Waals surface area contributed by atoms with Gasteiger partial charge in [0.1, 0.15) is 5.75 Å². The molecule has 0 aliphatic carbocycles. The van der Waals surface area contributed by atoms with Gasteiger partial charge < -0.3 is 10.5 Å². The van der Waals surface area contributed by atoms with E-state index < -0.39 is 0 Å². The zero-order valence-corrected chi connectivity index (χ0v) is 13.1. The van der Waals surface area contributed by atoms with Crippen molar-refractivity contribution >= 4 is 11.3 Å². The maximum absolute atomic E-state index is 5.94. The lowest BCUT2D eigenvalue weighted by Gasteiger charge is -2.14. The van der Waals surface area contributed by atoms with Gasteiger partial charge in [-0.1, -0.05) is 19.1 Å². The second kappa shape index (κ2) is 7.46. The number of hydrogen-bond donors (Lipinski definition) is 1. The Bertz CT molecular complexity index is 518. The summed E-state index contributed by atoms with van der Waals surface area (Å²) >= 11 is 1.92. The summed E-state index contributed by atoms with van der Waals surface area (Å²) in [6.45, 7) is 2.93. The summed E-state index contributed by atoms with van der Waals surface area (Å²) in [5, 5.41) is 0. The Morgan fingerprint density at radius 1 is 1.05 bits per heavy atom. The Morgan fingerprint density at radius 2 is 1.75 bits per heavy atom. The van der Waals surface area contributed by atoms with Crippen molar-refractivity contribution in [3.05, 3.63) is 51.7 Å². The van der Waals surface area contributed by atoms with Gasteiger partial charge in [0.2, 0.25) is 0 Å². The number of nitrogens with two attached hydrogens (primary N) is 1. The average Bonchev–Trinajstić information content (AvgIpc) is 2.95. The van der Waals surface area contributed by atoms with E-state index in [0.29, 0.717) is 5.92 Å². The van der Waals surface area contributed by atoms with Gasteiger partial charge in [0.05, 0.1) is 7.11 Å². The van der Waals surface area contributed by atoms with Crippen LogP contribution in [0.1, 0.15) is 22.2 Å². The van der Waals surface area contributed by atoms with Crippen molar-refractivity contribution in [2.45, 2.75) is 26.2 Å². The van der Waals surface area contributed by atoms with E-state index in [2.05, 4.69) is 31.2 Å². The lowest BCUT2D eigenvalue weighted by atomic mass is 9.95. The largest absolute Gasteiger partial charge is 0.497 e. The Morgan fingerprint density at radius 3 is 2.30 bits per heavy atom. The van der Waals surface area contributed by atoms with Crippen molar-refractivity contribution in [3.8, 4) is 5.75 Å². The van der Waals surface area contributed by atoms with Gasteiger partial charge in [-0.15, -0.1) is 11.3 Å². The van der Waals surface area contributed by atoms with Crippen LogP contribution in [0.5, 0.6) is 5.75 Å². The standard InChI is InChI=1S/C17H23NOS/c1-3-16-8-9-17(20-16)11-14(12-18)10-13-4-6-15(19-2)7-5-13/h4-9,14H,3,10-12,18H2,1-2H3. The number of methoxy groups -OCH3 is 1. The van der Waals surface area contributed by atoms with Crippen LogP contribution >= 0.6 is 11.3 Å². The number of ether oxygens (including phenoxy) is 1. The predicted molar refractivity (Wildman–Crippen MR) is 86.6 cm³/mol. The van der Waals surface area contributed by atoms with Crippen molar-refractivity contribution in [1.82, 2.24) is 0 Å². The number of aryl methyl sites for hydroxylation is 1. The molecule has 0 spiro atoms. The number of hydrogen-bond acceptors (Lipinski definition) is 3. The van der Waals surface area contributed by atoms with Gasteiger partial charge in [0.15, 0.2) is 0 Å². The molecule has 0 saturated heterocycles. The molecule has 1 aromatic carbocycles. The van der Waals surface area contributed by atoms with Gasteiger partial charge in [-0.05, 0) is 61.6 Å². The van der Waals surface area contributed by atoms with Crippen LogP contribution in [-0.2, 0) is 19.3 Å². The lowest BCUT2D eigenvalue weighted by Crippen LogP contribution is -2.18. The highest BCUT2D eigenvalue weighted by atomic mass is 32.1. The summed E-state index contributed by atoms with van der Waals surface area (Å²) in [7, 11) is 1.69. The van der Waals surface area contributed by atoms with Crippen molar-refractivity contribution in [1.29, 1.82) is 0 Å². The Balaban J connectivity index is 1.97. The molecule has 0 amide bonds. The zero-order chi connectivity index (χ0) is 14.4. The molecular formula is C17H23NOS. The maximum atomic E-state index is 5.94. The van der Waals surface area contributed by atoms with Gasteiger partial charge in [0.25, 0.3) is 0 Å². The third-order valence-corrected chi connectivity index (χ3v) is 4.82. The molecule has 2 nitrogen and oxygen atoms in total. The molecule has 0 aliphatic heterocycles. The fourth-order valence-electron chi connectivity index (χ4n) is 2.34. The number of thiophene rings is 1. The first-order valence-corrected chi connectivity index (χ1v) is 7.97. The molecule has 2 N–H and O–H groups in total. The van der Waals surface area contributed by atoms with E-state index >= 15 is 0 Å². The van der Waals surface area contributed by atoms with Crippen molar-refractivity contribution < 1.29 is 4.74 Å². The van der Waals surface area contributed by atoms with Crippen LogP contribution in [0.4, 0.5) is 0 Å². The lowest BCUT2D eigenvalue weighted by molar-refractivity contribution is 0.414. The van der Waals surface area contributed by atoms with Crippen LogP contribution < -0.4 is 10.5 Å². The van der Waals surface area contributed by atoms with Crippen LogP contribution in [0.15, 0.2) is 36.4 Å². The third-order valence-electron chi connectivity index (χ3n) is 3.57. The summed E-state index contributed by atoms with van der Waals surface area (Å²) in [4.78, 5) is 2.91. The van der Waals surface area contributed by atoms with Crippen molar-refractivity contribution in [2.75, 3.05) is 13.7 Å². The van der Waals surface area contributed by atoms with E-state index in [1.807, 2.05) is 23.5 Å². The normalized spacial score (nSPS) is 12.3. The molecule has 1 aromatic heterocycles. The van der Waals surface area contributed by atoms with E-state index in [9.17, 15) is 0 Å². The first kappa shape index (κ1) is 15.1. The summed E-state index contributed by atoms with van der Waals surface area (Å²) in [6, 6.07) is 12.8. The first-order chi connectivity index (χ1) is 9.75. The van der Waals surface area contributed by atoms with Gasteiger partial charge in [-0.3, -0.25) is 0 Å². The highest BCUT2D eigenvalue weighted by molar-refractivity contribution is 7.11. The zero-order valence-electron chi connectivity index (χ0n) is 12.3. The Kier molecular flexibility index (Phi) is 5.62. The molecule has 1 atom stereocenters. The Hall–Kier alpha value is -1.32. The monoisotopic (exact) mass is 289 g/mol. The molecule has 0 saturated carbocycles. The quantitative estimate of drug-likeness (QED) is 0.844. The number of rotatable bonds is 7.